The third kappa shape index (κ3) is 6.15. The van der Waals surface area contributed by atoms with Crippen LogP contribution in [0.15, 0.2) is 72.8 Å². The maximum atomic E-state index is 13.6. The summed E-state index contributed by atoms with van der Waals surface area (Å²) in [6, 6.07) is 22.6. The molecule has 1 amide bonds. The van der Waals surface area contributed by atoms with E-state index in [4.69, 9.17) is 16.9 Å². The lowest BCUT2D eigenvalue weighted by atomic mass is 10.1. The Morgan fingerprint density at radius 3 is 2.41 bits per heavy atom. The predicted molar refractivity (Wildman–Crippen MR) is 112 cm³/mol. The molecule has 3 aromatic carbocycles. The predicted octanol–water partition coefficient (Wildman–Crippen LogP) is 4.99. The van der Waals surface area contributed by atoms with Crippen molar-refractivity contribution >= 4 is 23.2 Å². The van der Waals surface area contributed by atoms with Gasteiger partial charge in [-0.15, -0.1) is 0 Å². The molecule has 0 spiro atoms. The zero-order valence-electron chi connectivity index (χ0n) is 15.6. The molecule has 29 heavy (non-hydrogen) atoms. The lowest BCUT2D eigenvalue weighted by Crippen LogP contribution is -2.32. The fourth-order valence-corrected chi connectivity index (χ4v) is 3.14. The van der Waals surface area contributed by atoms with Crippen molar-refractivity contribution in [3.63, 3.8) is 0 Å². The van der Waals surface area contributed by atoms with Gasteiger partial charge in [0.15, 0.2) is 0 Å². The van der Waals surface area contributed by atoms with Gasteiger partial charge in [-0.1, -0.05) is 48.0 Å². The Balaban J connectivity index is 1.74. The lowest BCUT2D eigenvalue weighted by molar-refractivity contribution is -0.117. The van der Waals surface area contributed by atoms with Gasteiger partial charge in [-0.25, -0.2) is 4.39 Å². The highest BCUT2D eigenvalue weighted by atomic mass is 35.5. The van der Waals surface area contributed by atoms with Crippen LogP contribution in [-0.2, 0) is 17.9 Å². The smallest absolute Gasteiger partial charge is 0.238 e. The zero-order valence-corrected chi connectivity index (χ0v) is 16.4. The number of para-hydroxylation sites is 1. The molecule has 3 rings (SSSR count). The second-order valence-electron chi connectivity index (χ2n) is 6.61. The Labute approximate surface area is 174 Å². The molecule has 0 radical (unpaired) electrons. The first kappa shape index (κ1) is 20.5. The molecule has 0 atom stereocenters. The maximum Gasteiger partial charge on any atom is 0.238 e. The van der Waals surface area contributed by atoms with Crippen LogP contribution in [0.5, 0.6) is 0 Å². The highest BCUT2D eigenvalue weighted by molar-refractivity contribution is 6.33. The number of rotatable bonds is 7. The minimum Gasteiger partial charge on any atom is -0.324 e. The summed E-state index contributed by atoms with van der Waals surface area (Å²) in [4.78, 5) is 14.5. The van der Waals surface area contributed by atoms with Crippen molar-refractivity contribution < 1.29 is 9.18 Å². The van der Waals surface area contributed by atoms with E-state index >= 15 is 0 Å². The van der Waals surface area contributed by atoms with Crippen LogP contribution >= 0.6 is 11.6 Å². The average molecular weight is 408 g/mol. The fourth-order valence-electron chi connectivity index (χ4n) is 2.96. The molecule has 0 aliphatic heterocycles. The Morgan fingerprint density at radius 2 is 1.72 bits per heavy atom. The van der Waals surface area contributed by atoms with Gasteiger partial charge in [0.1, 0.15) is 5.82 Å². The Hall–Kier alpha value is -3.20. The second-order valence-corrected chi connectivity index (χ2v) is 7.02. The van der Waals surface area contributed by atoms with E-state index in [0.29, 0.717) is 29.4 Å². The fraction of sp³-hybridized carbons (Fsp3) is 0.130. The van der Waals surface area contributed by atoms with Gasteiger partial charge in [-0.2, -0.15) is 5.26 Å². The van der Waals surface area contributed by atoms with Crippen LogP contribution in [0.1, 0.15) is 16.7 Å². The molecule has 0 aromatic heterocycles. The van der Waals surface area contributed by atoms with Crippen molar-refractivity contribution in [3.8, 4) is 6.07 Å². The average Bonchev–Trinajstić information content (AvgIpc) is 2.70. The summed E-state index contributed by atoms with van der Waals surface area (Å²) in [5.41, 5.74) is 2.83. The Morgan fingerprint density at radius 1 is 1.00 bits per heavy atom. The van der Waals surface area contributed by atoms with Crippen molar-refractivity contribution in [1.29, 1.82) is 5.26 Å². The SMILES string of the molecule is N#Cc1ccc(CN(CC(=O)Nc2ccccc2Cl)Cc2cccc(F)c2)cc1. The van der Waals surface area contributed by atoms with Crippen molar-refractivity contribution in [1.82, 2.24) is 4.90 Å². The first-order valence-electron chi connectivity index (χ1n) is 9.04. The molecule has 0 aliphatic rings. The third-order valence-electron chi connectivity index (χ3n) is 4.30. The van der Waals surface area contributed by atoms with E-state index in [1.54, 1.807) is 42.5 Å². The molecular formula is C23H19ClFN3O. The first-order chi connectivity index (χ1) is 14.0. The zero-order chi connectivity index (χ0) is 20.6. The number of nitriles is 1. The van der Waals surface area contributed by atoms with Crippen LogP contribution in [0.25, 0.3) is 0 Å². The molecule has 0 aliphatic carbocycles. The number of benzene rings is 3. The number of anilines is 1. The summed E-state index contributed by atoms with van der Waals surface area (Å²) < 4.78 is 13.6. The van der Waals surface area contributed by atoms with Crippen molar-refractivity contribution in [2.75, 3.05) is 11.9 Å². The molecular weight excluding hydrogens is 389 g/mol. The topological polar surface area (TPSA) is 56.1 Å². The molecule has 146 valence electrons. The summed E-state index contributed by atoms with van der Waals surface area (Å²) in [5.74, 6) is -0.538. The van der Waals surface area contributed by atoms with E-state index in [0.717, 1.165) is 11.1 Å². The molecule has 0 fully saturated rings. The molecule has 4 nitrogen and oxygen atoms in total. The number of hydrogen-bond donors (Lipinski definition) is 1. The number of carbonyl (C=O) groups excluding carboxylic acids is 1. The molecule has 1 N–H and O–H groups in total. The summed E-state index contributed by atoms with van der Waals surface area (Å²) in [5, 5.41) is 12.2. The van der Waals surface area contributed by atoms with Gasteiger partial charge in [0.25, 0.3) is 0 Å². The number of halogens is 2. The number of nitrogens with zero attached hydrogens (tertiary/aromatic N) is 2. The minimum absolute atomic E-state index is 0.0989. The van der Waals surface area contributed by atoms with E-state index in [9.17, 15) is 9.18 Å². The monoisotopic (exact) mass is 407 g/mol. The van der Waals surface area contributed by atoms with Crippen LogP contribution < -0.4 is 5.32 Å². The van der Waals surface area contributed by atoms with Gasteiger partial charge in [0.2, 0.25) is 5.91 Å². The number of amides is 1. The number of hydrogen-bond acceptors (Lipinski definition) is 3. The van der Waals surface area contributed by atoms with Crippen molar-refractivity contribution in [2.24, 2.45) is 0 Å². The molecule has 0 saturated heterocycles. The largest absolute Gasteiger partial charge is 0.324 e. The molecule has 3 aromatic rings. The lowest BCUT2D eigenvalue weighted by Gasteiger charge is -2.22. The van der Waals surface area contributed by atoms with Crippen LogP contribution in [0.4, 0.5) is 10.1 Å². The first-order valence-corrected chi connectivity index (χ1v) is 9.41. The maximum absolute atomic E-state index is 13.6. The van der Waals surface area contributed by atoms with Crippen LogP contribution in [0.3, 0.4) is 0 Å². The Kier molecular flexibility index (Phi) is 6.96. The van der Waals surface area contributed by atoms with Gasteiger partial charge in [-0.05, 0) is 47.5 Å². The van der Waals surface area contributed by atoms with Crippen LogP contribution in [0, 0.1) is 17.1 Å². The molecule has 6 heteroatoms. The standard InChI is InChI=1S/C23H19ClFN3O/c24-21-6-1-2-7-22(21)27-23(29)16-28(15-19-4-3-5-20(25)12-19)14-18-10-8-17(13-26)9-11-18/h1-12H,14-16H2,(H,27,29). The number of nitrogens with one attached hydrogen (secondary N) is 1. The highest BCUT2D eigenvalue weighted by Crippen LogP contribution is 2.20. The summed E-state index contributed by atoms with van der Waals surface area (Å²) in [6.45, 7) is 0.966. The van der Waals surface area contributed by atoms with E-state index in [-0.39, 0.29) is 18.3 Å². The van der Waals surface area contributed by atoms with Gasteiger partial charge < -0.3 is 5.32 Å². The minimum atomic E-state index is -0.318. The second kappa shape index (κ2) is 9.83. The normalized spacial score (nSPS) is 10.6. The third-order valence-corrected chi connectivity index (χ3v) is 4.63. The van der Waals surface area contributed by atoms with E-state index in [2.05, 4.69) is 11.4 Å². The van der Waals surface area contributed by atoms with Gasteiger partial charge in [0, 0.05) is 13.1 Å². The molecule has 0 heterocycles. The number of carbonyl (C=O) groups is 1. The quantitative estimate of drug-likeness (QED) is 0.600. The van der Waals surface area contributed by atoms with Crippen molar-refractivity contribution in [3.05, 3.63) is 100 Å². The molecule has 0 unspecified atom stereocenters. The Bertz CT molecular complexity index is 1030. The molecule has 0 bridgehead atoms. The summed E-state index contributed by atoms with van der Waals surface area (Å²) in [6.07, 6.45) is 0. The van der Waals surface area contributed by atoms with E-state index in [1.165, 1.54) is 12.1 Å². The van der Waals surface area contributed by atoms with Crippen LogP contribution in [-0.4, -0.2) is 17.4 Å². The van der Waals surface area contributed by atoms with Gasteiger partial charge >= 0.3 is 0 Å². The van der Waals surface area contributed by atoms with Gasteiger partial charge in [0.05, 0.1) is 28.9 Å². The van der Waals surface area contributed by atoms with Gasteiger partial charge in [-0.3, -0.25) is 9.69 Å². The van der Waals surface area contributed by atoms with Crippen molar-refractivity contribution in [2.45, 2.75) is 13.1 Å². The van der Waals surface area contributed by atoms with Crippen LogP contribution in [0.2, 0.25) is 5.02 Å². The van der Waals surface area contributed by atoms with E-state index in [1.807, 2.05) is 23.1 Å². The highest BCUT2D eigenvalue weighted by Gasteiger charge is 2.14. The molecule has 0 saturated carbocycles. The van der Waals surface area contributed by atoms with E-state index < -0.39 is 0 Å². The summed E-state index contributed by atoms with van der Waals surface area (Å²) >= 11 is 6.11. The summed E-state index contributed by atoms with van der Waals surface area (Å²) in [7, 11) is 0.